The molecule has 0 unspecified atom stereocenters. The number of aryl methyl sites for hydroxylation is 1. The number of pyridine rings is 1. The van der Waals surface area contributed by atoms with Crippen LogP contribution in [0.4, 0.5) is 5.82 Å². The van der Waals surface area contributed by atoms with Gasteiger partial charge in [-0.15, -0.1) is 0 Å². The lowest BCUT2D eigenvalue weighted by atomic mass is 10.2. The van der Waals surface area contributed by atoms with Gasteiger partial charge in [0.15, 0.2) is 5.82 Å². The molecule has 0 aliphatic rings. The number of ether oxygens (including phenoxy) is 1. The first-order chi connectivity index (χ1) is 9.15. The Labute approximate surface area is 126 Å². The van der Waals surface area contributed by atoms with Crippen molar-refractivity contribution in [2.45, 2.75) is 13.8 Å². The smallest absolute Gasteiger partial charge is 0.212 e. The molecule has 2 heterocycles. The molecule has 1 N–H and O–H groups in total. The molecule has 0 spiro atoms. The van der Waals surface area contributed by atoms with Crippen LogP contribution in [0.25, 0.3) is 11.4 Å². The summed E-state index contributed by atoms with van der Waals surface area (Å²) in [4.78, 5) is 13.2. The number of hydrogen-bond donors (Lipinski definition) is 1. The quantitative estimate of drug-likeness (QED) is 0.839. The van der Waals surface area contributed by atoms with Crippen LogP contribution in [0.5, 0.6) is 5.88 Å². The lowest BCUT2D eigenvalue weighted by Gasteiger charge is -2.10. The van der Waals surface area contributed by atoms with Gasteiger partial charge in [-0.2, -0.15) is 0 Å². The molecule has 0 saturated carbocycles. The molecule has 2 rings (SSSR count). The number of nitrogens with one attached hydrogen (secondary N) is 1. The summed E-state index contributed by atoms with van der Waals surface area (Å²) in [6.07, 6.45) is 1.72. The predicted molar refractivity (Wildman–Crippen MR) is 83.4 cm³/mol. The zero-order valence-corrected chi connectivity index (χ0v) is 13.2. The maximum absolute atomic E-state index is 5.04. The van der Waals surface area contributed by atoms with Crippen LogP contribution in [0.3, 0.4) is 0 Å². The van der Waals surface area contributed by atoms with E-state index in [0.29, 0.717) is 11.7 Å². The van der Waals surface area contributed by atoms with Crippen molar-refractivity contribution in [3.63, 3.8) is 0 Å². The van der Waals surface area contributed by atoms with E-state index in [4.69, 9.17) is 4.74 Å². The van der Waals surface area contributed by atoms with Crippen molar-refractivity contribution >= 4 is 28.4 Å². The van der Waals surface area contributed by atoms with E-state index in [1.54, 1.807) is 19.4 Å². The maximum Gasteiger partial charge on any atom is 0.212 e. The third-order valence-corrected chi connectivity index (χ3v) is 3.86. The molecule has 0 aliphatic carbocycles. The second-order valence-corrected chi connectivity index (χ2v) is 4.99. The predicted octanol–water partition coefficient (Wildman–Crippen LogP) is 2.89. The van der Waals surface area contributed by atoms with Crippen molar-refractivity contribution < 1.29 is 4.74 Å². The van der Waals surface area contributed by atoms with Gasteiger partial charge in [-0.05, 0) is 42.5 Å². The molecule has 5 nitrogen and oxygen atoms in total. The number of methoxy groups -OCH3 is 1. The monoisotopic (exact) mass is 370 g/mol. The van der Waals surface area contributed by atoms with Gasteiger partial charge in [0.2, 0.25) is 5.88 Å². The van der Waals surface area contributed by atoms with Gasteiger partial charge in [0.05, 0.1) is 16.4 Å². The van der Waals surface area contributed by atoms with Gasteiger partial charge in [-0.1, -0.05) is 0 Å². The van der Waals surface area contributed by atoms with Gasteiger partial charge >= 0.3 is 0 Å². The van der Waals surface area contributed by atoms with Crippen LogP contribution >= 0.6 is 22.6 Å². The van der Waals surface area contributed by atoms with Gasteiger partial charge in [0.1, 0.15) is 5.82 Å². The number of nitrogens with zero attached hydrogens (tertiary/aromatic N) is 3. The van der Waals surface area contributed by atoms with E-state index in [2.05, 4.69) is 42.9 Å². The SMILES string of the molecule is CCNc1nc(-c2ccc(OC)nc2)nc(C)c1I. The van der Waals surface area contributed by atoms with Gasteiger partial charge in [0, 0.05) is 24.4 Å². The standard InChI is InChI=1S/C13H15IN4O/c1-4-15-13-11(14)8(2)17-12(18-13)9-5-6-10(19-3)16-7-9/h5-7H,4H2,1-3H3,(H,15,17,18). The fraction of sp³-hybridized carbons (Fsp3) is 0.308. The zero-order chi connectivity index (χ0) is 13.8. The van der Waals surface area contributed by atoms with Crippen molar-refractivity contribution in [2.24, 2.45) is 0 Å². The minimum absolute atomic E-state index is 0.581. The van der Waals surface area contributed by atoms with E-state index in [0.717, 1.165) is 27.2 Å². The van der Waals surface area contributed by atoms with Crippen LogP contribution in [0.2, 0.25) is 0 Å². The molecule has 0 aromatic carbocycles. The Bertz CT molecular complexity index is 572. The molecule has 2 aromatic heterocycles. The second kappa shape index (κ2) is 6.14. The van der Waals surface area contributed by atoms with Crippen molar-refractivity contribution in [1.29, 1.82) is 0 Å². The molecule has 0 saturated heterocycles. The van der Waals surface area contributed by atoms with Crippen LogP contribution in [0, 0.1) is 10.5 Å². The first kappa shape index (κ1) is 14.0. The van der Waals surface area contributed by atoms with Crippen LogP contribution in [0.1, 0.15) is 12.6 Å². The Kier molecular flexibility index (Phi) is 4.52. The summed E-state index contributed by atoms with van der Waals surface area (Å²) in [5, 5.41) is 3.25. The number of halogens is 1. The van der Waals surface area contributed by atoms with E-state index < -0.39 is 0 Å². The largest absolute Gasteiger partial charge is 0.481 e. The average molecular weight is 370 g/mol. The Morgan fingerprint density at radius 3 is 2.68 bits per heavy atom. The third kappa shape index (κ3) is 3.12. The van der Waals surface area contributed by atoms with Crippen molar-refractivity contribution in [3.05, 3.63) is 27.6 Å². The van der Waals surface area contributed by atoms with Crippen molar-refractivity contribution in [3.8, 4) is 17.3 Å². The van der Waals surface area contributed by atoms with Crippen LogP contribution in [-0.4, -0.2) is 28.6 Å². The van der Waals surface area contributed by atoms with Crippen LogP contribution in [0.15, 0.2) is 18.3 Å². The Hall–Kier alpha value is -1.44. The van der Waals surface area contributed by atoms with Gasteiger partial charge in [-0.25, -0.2) is 15.0 Å². The zero-order valence-electron chi connectivity index (χ0n) is 11.1. The van der Waals surface area contributed by atoms with Crippen LogP contribution < -0.4 is 10.1 Å². The number of anilines is 1. The second-order valence-electron chi connectivity index (χ2n) is 3.91. The maximum atomic E-state index is 5.04. The number of rotatable bonds is 4. The highest BCUT2D eigenvalue weighted by atomic mass is 127. The molecular formula is C13H15IN4O. The minimum Gasteiger partial charge on any atom is -0.481 e. The normalized spacial score (nSPS) is 10.3. The first-order valence-electron chi connectivity index (χ1n) is 5.94. The number of aromatic nitrogens is 3. The van der Waals surface area contributed by atoms with Crippen molar-refractivity contribution in [1.82, 2.24) is 15.0 Å². The molecular weight excluding hydrogens is 355 g/mol. The molecule has 0 bridgehead atoms. The first-order valence-corrected chi connectivity index (χ1v) is 7.02. The summed E-state index contributed by atoms with van der Waals surface area (Å²) in [6.45, 7) is 4.85. The van der Waals surface area contributed by atoms with E-state index >= 15 is 0 Å². The summed E-state index contributed by atoms with van der Waals surface area (Å²) < 4.78 is 6.09. The highest BCUT2D eigenvalue weighted by Gasteiger charge is 2.10. The highest BCUT2D eigenvalue weighted by Crippen LogP contribution is 2.23. The lowest BCUT2D eigenvalue weighted by Crippen LogP contribution is -2.06. The van der Waals surface area contributed by atoms with Gasteiger partial charge in [0.25, 0.3) is 0 Å². The van der Waals surface area contributed by atoms with Crippen molar-refractivity contribution in [2.75, 3.05) is 19.0 Å². The third-order valence-electron chi connectivity index (χ3n) is 2.56. The minimum atomic E-state index is 0.581. The summed E-state index contributed by atoms with van der Waals surface area (Å²) in [5.41, 5.74) is 1.83. The molecule has 6 heteroatoms. The summed E-state index contributed by atoms with van der Waals surface area (Å²) >= 11 is 2.25. The molecule has 0 amide bonds. The molecule has 0 radical (unpaired) electrons. The molecule has 0 fully saturated rings. The van der Waals surface area contributed by atoms with E-state index in [1.807, 2.05) is 19.9 Å². The topological polar surface area (TPSA) is 59.9 Å². The van der Waals surface area contributed by atoms with Crippen LogP contribution in [-0.2, 0) is 0 Å². The number of hydrogen-bond acceptors (Lipinski definition) is 5. The molecule has 0 atom stereocenters. The average Bonchev–Trinajstić information content (AvgIpc) is 2.44. The van der Waals surface area contributed by atoms with Gasteiger partial charge in [-0.3, -0.25) is 0 Å². The van der Waals surface area contributed by atoms with E-state index in [1.165, 1.54) is 0 Å². The molecule has 2 aromatic rings. The Morgan fingerprint density at radius 2 is 2.11 bits per heavy atom. The molecule has 0 aliphatic heterocycles. The van der Waals surface area contributed by atoms with E-state index in [9.17, 15) is 0 Å². The Balaban J connectivity index is 2.43. The fourth-order valence-corrected chi connectivity index (χ4v) is 2.04. The fourth-order valence-electron chi connectivity index (χ4n) is 1.61. The highest BCUT2D eigenvalue weighted by molar-refractivity contribution is 14.1. The lowest BCUT2D eigenvalue weighted by molar-refractivity contribution is 0.398. The van der Waals surface area contributed by atoms with E-state index in [-0.39, 0.29) is 0 Å². The molecule has 100 valence electrons. The Morgan fingerprint density at radius 1 is 1.32 bits per heavy atom. The summed E-state index contributed by atoms with van der Waals surface area (Å²) in [7, 11) is 1.59. The summed E-state index contributed by atoms with van der Waals surface area (Å²) in [6, 6.07) is 3.71. The molecule has 19 heavy (non-hydrogen) atoms. The summed E-state index contributed by atoms with van der Waals surface area (Å²) in [5.74, 6) is 2.11. The van der Waals surface area contributed by atoms with Gasteiger partial charge < -0.3 is 10.1 Å².